The van der Waals surface area contributed by atoms with Crippen LogP contribution in [0.3, 0.4) is 0 Å². The number of benzene rings is 2. The van der Waals surface area contributed by atoms with Crippen LogP contribution in [0, 0.1) is 13.8 Å². The number of aryl methyl sites for hydroxylation is 1. The Morgan fingerprint density at radius 1 is 1.04 bits per heavy atom. The summed E-state index contributed by atoms with van der Waals surface area (Å²) in [5.41, 5.74) is 13.4. The van der Waals surface area contributed by atoms with Crippen LogP contribution in [-0.2, 0) is 11.3 Å². The number of hydrogen-bond acceptors (Lipinski definition) is 3. The first kappa shape index (κ1) is 16.0. The highest BCUT2D eigenvalue weighted by Crippen LogP contribution is 2.30. The largest absolute Gasteiger partial charge is 0.382 e. The third-order valence-corrected chi connectivity index (χ3v) is 4.70. The Hall–Kier alpha value is -1.84. The van der Waals surface area contributed by atoms with Gasteiger partial charge in [-0.15, -0.1) is 0 Å². The fourth-order valence-corrected chi connectivity index (χ4v) is 3.11. The van der Waals surface area contributed by atoms with Gasteiger partial charge in [-0.05, 0) is 61.1 Å². The Bertz CT molecular complexity index is 658. The van der Waals surface area contributed by atoms with Gasteiger partial charge in [-0.2, -0.15) is 0 Å². The normalized spacial score (nSPS) is 15.6. The number of hydrogen-bond donors (Lipinski definition) is 2. The van der Waals surface area contributed by atoms with E-state index in [1.807, 2.05) is 0 Å². The van der Waals surface area contributed by atoms with Crippen molar-refractivity contribution in [1.82, 2.24) is 0 Å². The smallest absolute Gasteiger partial charge is 0.0485 e. The highest BCUT2D eigenvalue weighted by Gasteiger charge is 2.16. The maximum atomic E-state index is 5.98. The number of rotatable bonds is 4. The maximum absolute atomic E-state index is 5.98. The molecule has 1 aliphatic rings. The average molecular weight is 310 g/mol. The molecule has 0 amide bonds. The molecule has 2 aromatic rings. The van der Waals surface area contributed by atoms with E-state index in [9.17, 15) is 0 Å². The zero-order valence-electron chi connectivity index (χ0n) is 14.1. The Morgan fingerprint density at radius 3 is 2.39 bits per heavy atom. The monoisotopic (exact) mass is 310 g/mol. The minimum atomic E-state index is 0.487. The summed E-state index contributed by atoms with van der Waals surface area (Å²) in [5, 5.41) is 3.71. The number of anilines is 1. The molecule has 23 heavy (non-hydrogen) atoms. The van der Waals surface area contributed by atoms with Crippen molar-refractivity contribution in [2.24, 2.45) is 5.73 Å². The van der Waals surface area contributed by atoms with Gasteiger partial charge in [-0.3, -0.25) is 0 Å². The minimum Gasteiger partial charge on any atom is -0.382 e. The van der Waals surface area contributed by atoms with Crippen LogP contribution in [-0.4, -0.2) is 19.3 Å². The van der Waals surface area contributed by atoms with Crippen molar-refractivity contribution in [2.75, 3.05) is 18.5 Å². The second-order valence-corrected chi connectivity index (χ2v) is 6.41. The Labute approximate surface area is 138 Å². The molecule has 0 radical (unpaired) electrons. The van der Waals surface area contributed by atoms with Crippen LogP contribution >= 0.6 is 0 Å². The molecule has 1 saturated heterocycles. The lowest BCUT2D eigenvalue weighted by molar-refractivity contribution is 0.0904. The Balaban J connectivity index is 1.94. The third kappa shape index (κ3) is 3.74. The van der Waals surface area contributed by atoms with Gasteiger partial charge in [-0.25, -0.2) is 0 Å². The predicted molar refractivity (Wildman–Crippen MR) is 96.7 cm³/mol. The molecule has 0 atom stereocenters. The van der Waals surface area contributed by atoms with Gasteiger partial charge in [0.05, 0.1) is 0 Å². The van der Waals surface area contributed by atoms with Crippen LogP contribution in [0.25, 0.3) is 11.1 Å². The zero-order chi connectivity index (χ0) is 16.2. The molecule has 1 heterocycles. The summed E-state index contributed by atoms with van der Waals surface area (Å²) in [5.74, 6) is 0. The van der Waals surface area contributed by atoms with Crippen LogP contribution in [0.5, 0.6) is 0 Å². The summed E-state index contributed by atoms with van der Waals surface area (Å²) in [6.07, 6.45) is 2.12. The molecule has 1 aliphatic heterocycles. The van der Waals surface area contributed by atoms with Crippen molar-refractivity contribution in [1.29, 1.82) is 0 Å². The van der Waals surface area contributed by atoms with Crippen molar-refractivity contribution in [3.8, 4) is 11.1 Å². The molecule has 3 N–H and O–H groups in total. The van der Waals surface area contributed by atoms with E-state index in [1.54, 1.807) is 0 Å². The van der Waals surface area contributed by atoms with E-state index in [-0.39, 0.29) is 0 Å². The molecule has 0 aliphatic carbocycles. The molecule has 3 heteroatoms. The summed E-state index contributed by atoms with van der Waals surface area (Å²) in [7, 11) is 0. The van der Waals surface area contributed by atoms with Crippen molar-refractivity contribution >= 4 is 5.69 Å². The molecular formula is C20H26N2O. The summed E-state index contributed by atoms with van der Waals surface area (Å²) in [4.78, 5) is 0. The van der Waals surface area contributed by atoms with E-state index in [1.165, 1.54) is 33.5 Å². The standard InChI is InChI=1S/C20H26N2O/c1-14-3-5-16(6-4-14)17-11-18(13-21)15(2)20(12-17)22-19-7-9-23-10-8-19/h3-6,11-12,19,22H,7-10,13,21H2,1-2H3. The molecule has 3 rings (SSSR count). The first-order valence-electron chi connectivity index (χ1n) is 8.42. The number of nitrogens with two attached hydrogens (primary N) is 1. The molecule has 0 bridgehead atoms. The van der Waals surface area contributed by atoms with Crippen LogP contribution < -0.4 is 11.1 Å². The minimum absolute atomic E-state index is 0.487. The van der Waals surface area contributed by atoms with Gasteiger partial charge in [0.15, 0.2) is 0 Å². The van der Waals surface area contributed by atoms with E-state index in [0.29, 0.717) is 12.6 Å². The second kappa shape index (κ2) is 7.16. The molecule has 0 aromatic heterocycles. The molecular weight excluding hydrogens is 284 g/mol. The van der Waals surface area contributed by atoms with Crippen molar-refractivity contribution in [3.05, 3.63) is 53.1 Å². The summed E-state index contributed by atoms with van der Waals surface area (Å²) in [6.45, 7) is 6.52. The zero-order valence-corrected chi connectivity index (χ0v) is 14.1. The van der Waals surface area contributed by atoms with Crippen LogP contribution in [0.2, 0.25) is 0 Å². The van der Waals surface area contributed by atoms with Gasteiger partial charge < -0.3 is 15.8 Å². The lowest BCUT2D eigenvalue weighted by Gasteiger charge is -2.26. The molecule has 0 unspecified atom stereocenters. The van der Waals surface area contributed by atoms with E-state index < -0.39 is 0 Å². The molecule has 0 saturated carbocycles. The van der Waals surface area contributed by atoms with Gasteiger partial charge in [0, 0.05) is 31.5 Å². The number of nitrogens with one attached hydrogen (secondary N) is 1. The van der Waals surface area contributed by atoms with E-state index in [4.69, 9.17) is 10.5 Å². The molecule has 122 valence electrons. The maximum Gasteiger partial charge on any atom is 0.0485 e. The first-order valence-corrected chi connectivity index (χ1v) is 8.42. The Morgan fingerprint density at radius 2 is 1.74 bits per heavy atom. The van der Waals surface area contributed by atoms with Crippen molar-refractivity contribution in [3.63, 3.8) is 0 Å². The fourth-order valence-electron chi connectivity index (χ4n) is 3.11. The van der Waals surface area contributed by atoms with E-state index >= 15 is 0 Å². The summed E-state index contributed by atoms with van der Waals surface area (Å²) >= 11 is 0. The fraction of sp³-hybridized carbons (Fsp3) is 0.400. The molecule has 1 fully saturated rings. The average Bonchev–Trinajstić information content (AvgIpc) is 2.58. The lowest BCUT2D eigenvalue weighted by atomic mass is 9.96. The highest BCUT2D eigenvalue weighted by molar-refractivity contribution is 5.72. The van der Waals surface area contributed by atoms with Crippen LogP contribution in [0.15, 0.2) is 36.4 Å². The predicted octanol–water partition coefficient (Wildman–Crippen LogP) is 4.02. The van der Waals surface area contributed by atoms with Crippen LogP contribution in [0.4, 0.5) is 5.69 Å². The highest BCUT2D eigenvalue weighted by atomic mass is 16.5. The van der Waals surface area contributed by atoms with Crippen LogP contribution in [0.1, 0.15) is 29.5 Å². The van der Waals surface area contributed by atoms with Gasteiger partial charge in [0.25, 0.3) is 0 Å². The first-order chi connectivity index (χ1) is 11.2. The molecule has 0 spiro atoms. The van der Waals surface area contributed by atoms with Gasteiger partial charge in [0.2, 0.25) is 0 Å². The SMILES string of the molecule is Cc1ccc(-c2cc(CN)c(C)c(NC3CCOCC3)c2)cc1. The van der Waals surface area contributed by atoms with E-state index in [0.717, 1.165) is 26.1 Å². The van der Waals surface area contributed by atoms with Gasteiger partial charge >= 0.3 is 0 Å². The van der Waals surface area contributed by atoms with Crippen molar-refractivity contribution < 1.29 is 4.74 Å². The van der Waals surface area contributed by atoms with Gasteiger partial charge in [-0.1, -0.05) is 29.8 Å². The topological polar surface area (TPSA) is 47.3 Å². The van der Waals surface area contributed by atoms with Crippen molar-refractivity contribution in [2.45, 2.75) is 39.3 Å². The van der Waals surface area contributed by atoms with Gasteiger partial charge in [0.1, 0.15) is 0 Å². The third-order valence-electron chi connectivity index (χ3n) is 4.70. The summed E-state index contributed by atoms with van der Waals surface area (Å²) in [6, 6.07) is 13.6. The summed E-state index contributed by atoms with van der Waals surface area (Å²) < 4.78 is 5.46. The second-order valence-electron chi connectivity index (χ2n) is 6.41. The quantitative estimate of drug-likeness (QED) is 0.896. The lowest BCUT2D eigenvalue weighted by Crippen LogP contribution is -2.28. The molecule has 2 aromatic carbocycles. The Kier molecular flexibility index (Phi) is 4.99. The van der Waals surface area contributed by atoms with E-state index in [2.05, 4.69) is 55.6 Å². The number of ether oxygens (including phenoxy) is 1. The molecule has 3 nitrogen and oxygen atoms in total.